The van der Waals surface area contributed by atoms with E-state index in [9.17, 15) is 32.9 Å². The van der Waals surface area contributed by atoms with E-state index in [4.69, 9.17) is 0 Å². The number of carbonyl (C=O) groups excluding carboxylic acids is 3. The second-order valence-electron chi connectivity index (χ2n) is 6.94. The van der Waals surface area contributed by atoms with Gasteiger partial charge in [0, 0.05) is 26.7 Å². The summed E-state index contributed by atoms with van der Waals surface area (Å²) in [6.07, 6.45) is 0. The number of rotatable bonds is 10. The number of carbonyl (C=O) groups is 3. The molecule has 0 radical (unpaired) electrons. The maximum atomic E-state index is 12.3. The molecule has 13 nitrogen and oxygen atoms in total. The van der Waals surface area contributed by atoms with Gasteiger partial charge in [-0.15, -0.1) is 0 Å². The molecule has 0 aliphatic carbocycles. The number of nitrogens with zero attached hydrogens (tertiary/aromatic N) is 2. The van der Waals surface area contributed by atoms with E-state index in [2.05, 4.69) is 10.1 Å². The minimum Gasteiger partial charge on any atom is -0.455 e. The molecule has 0 heterocycles. The van der Waals surface area contributed by atoms with Gasteiger partial charge >= 0.3 is 12.0 Å². The SMILES string of the molecule is CC(C)CNC(=O)NC(=O)COC(=O)CNS(=O)(=O)c1ccc(N(C)C)c([N+](=O)[O-])c1. The van der Waals surface area contributed by atoms with Gasteiger partial charge in [-0.2, -0.15) is 4.72 Å². The Morgan fingerprint density at radius 2 is 1.87 bits per heavy atom. The Bertz CT molecular complexity index is 946. The fourth-order valence-corrected chi connectivity index (χ4v) is 3.12. The molecule has 0 spiro atoms. The molecule has 0 aliphatic heterocycles. The van der Waals surface area contributed by atoms with Crippen molar-refractivity contribution in [3.63, 3.8) is 0 Å². The molecule has 1 aromatic carbocycles. The molecule has 0 unspecified atom stereocenters. The largest absolute Gasteiger partial charge is 0.455 e. The Morgan fingerprint density at radius 3 is 2.42 bits per heavy atom. The van der Waals surface area contributed by atoms with Crippen LogP contribution in [0.25, 0.3) is 0 Å². The lowest BCUT2D eigenvalue weighted by Crippen LogP contribution is -2.43. The van der Waals surface area contributed by atoms with Crippen molar-refractivity contribution in [3.8, 4) is 0 Å². The highest BCUT2D eigenvalue weighted by atomic mass is 32.2. The first-order valence-corrected chi connectivity index (χ1v) is 10.5. The monoisotopic (exact) mass is 459 g/mol. The summed E-state index contributed by atoms with van der Waals surface area (Å²) in [5.41, 5.74) is -0.227. The standard InChI is InChI=1S/C17H25N5O8S/c1-11(2)8-18-17(25)20-15(23)10-30-16(24)9-19-31(28,29)12-5-6-13(21(3)4)14(7-12)22(26)27/h5-7,11,19H,8-10H2,1-4H3,(H2,18,20,23,25). The third-order valence-electron chi connectivity index (χ3n) is 3.63. The smallest absolute Gasteiger partial charge is 0.321 e. The van der Waals surface area contributed by atoms with E-state index >= 15 is 0 Å². The molecule has 3 amide bonds. The van der Waals surface area contributed by atoms with Gasteiger partial charge in [-0.25, -0.2) is 13.2 Å². The Kier molecular flexibility index (Phi) is 9.33. The number of nitro benzene ring substituents is 1. The third-order valence-corrected chi connectivity index (χ3v) is 5.03. The van der Waals surface area contributed by atoms with E-state index in [1.54, 1.807) is 14.1 Å². The van der Waals surface area contributed by atoms with Crippen molar-refractivity contribution < 1.29 is 32.5 Å². The predicted octanol–water partition coefficient (Wildman–Crippen LogP) is -0.0359. The van der Waals surface area contributed by atoms with Crippen molar-refractivity contribution in [2.45, 2.75) is 18.7 Å². The molecular weight excluding hydrogens is 434 g/mol. The van der Waals surface area contributed by atoms with Gasteiger partial charge in [0.25, 0.3) is 11.6 Å². The summed E-state index contributed by atoms with van der Waals surface area (Å²) in [5, 5.41) is 15.6. The fraction of sp³-hybridized carbons (Fsp3) is 0.471. The number of urea groups is 1. The van der Waals surface area contributed by atoms with Gasteiger partial charge in [-0.1, -0.05) is 13.8 Å². The highest BCUT2D eigenvalue weighted by Crippen LogP contribution is 2.29. The Labute approximate surface area is 179 Å². The second-order valence-corrected chi connectivity index (χ2v) is 8.71. The summed E-state index contributed by atoms with van der Waals surface area (Å²) in [5.74, 6) is -1.81. The number of benzene rings is 1. The summed E-state index contributed by atoms with van der Waals surface area (Å²) in [7, 11) is -1.14. The molecule has 0 saturated carbocycles. The molecule has 3 N–H and O–H groups in total. The van der Waals surface area contributed by atoms with Gasteiger partial charge in [0.05, 0.1) is 9.82 Å². The van der Waals surface area contributed by atoms with Crippen molar-refractivity contribution in [1.29, 1.82) is 0 Å². The van der Waals surface area contributed by atoms with Crippen LogP contribution >= 0.6 is 0 Å². The highest BCUT2D eigenvalue weighted by Gasteiger charge is 2.23. The molecule has 0 aromatic heterocycles. The number of ether oxygens (including phenoxy) is 1. The van der Waals surface area contributed by atoms with Crippen molar-refractivity contribution in [2.75, 3.05) is 38.7 Å². The topological polar surface area (TPSA) is 177 Å². The molecule has 1 aromatic rings. The zero-order valence-electron chi connectivity index (χ0n) is 17.5. The second kappa shape index (κ2) is 11.2. The van der Waals surface area contributed by atoms with Crippen molar-refractivity contribution >= 4 is 39.3 Å². The predicted molar refractivity (Wildman–Crippen MR) is 110 cm³/mol. The molecule has 172 valence electrons. The third kappa shape index (κ3) is 8.55. The average molecular weight is 459 g/mol. The van der Waals surface area contributed by atoms with Gasteiger partial charge in [-0.3, -0.25) is 25.0 Å². The maximum absolute atomic E-state index is 12.3. The van der Waals surface area contributed by atoms with Crippen LogP contribution < -0.4 is 20.3 Å². The van der Waals surface area contributed by atoms with Crippen LogP contribution in [-0.4, -0.2) is 65.0 Å². The van der Waals surface area contributed by atoms with Crippen molar-refractivity contribution in [3.05, 3.63) is 28.3 Å². The van der Waals surface area contributed by atoms with Crippen molar-refractivity contribution in [1.82, 2.24) is 15.4 Å². The zero-order chi connectivity index (χ0) is 23.8. The lowest BCUT2D eigenvalue weighted by atomic mass is 10.2. The molecule has 0 aliphatic rings. The lowest BCUT2D eigenvalue weighted by Gasteiger charge is -2.13. The first-order valence-electron chi connectivity index (χ1n) is 9.02. The fourth-order valence-electron chi connectivity index (χ4n) is 2.13. The first-order chi connectivity index (χ1) is 14.3. The molecule has 0 bridgehead atoms. The highest BCUT2D eigenvalue weighted by molar-refractivity contribution is 7.89. The van der Waals surface area contributed by atoms with Crippen LogP contribution in [0.15, 0.2) is 23.1 Å². The van der Waals surface area contributed by atoms with Crippen LogP contribution in [0.4, 0.5) is 16.2 Å². The maximum Gasteiger partial charge on any atom is 0.321 e. The summed E-state index contributed by atoms with van der Waals surface area (Å²) >= 11 is 0. The van der Waals surface area contributed by atoms with Crippen LogP contribution in [0, 0.1) is 16.0 Å². The number of anilines is 1. The number of hydrogen-bond acceptors (Lipinski definition) is 9. The average Bonchev–Trinajstić information content (AvgIpc) is 2.68. The normalized spacial score (nSPS) is 11.0. The summed E-state index contributed by atoms with van der Waals surface area (Å²) in [6.45, 7) is 2.45. The van der Waals surface area contributed by atoms with Crippen LogP contribution in [0.2, 0.25) is 0 Å². The number of nitrogens with one attached hydrogen (secondary N) is 3. The number of nitro groups is 1. The van der Waals surface area contributed by atoms with Gasteiger partial charge in [-0.05, 0) is 18.1 Å². The number of sulfonamides is 1. The van der Waals surface area contributed by atoms with E-state index in [-0.39, 0.29) is 11.6 Å². The van der Waals surface area contributed by atoms with E-state index < -0.39 is 56.6 Å². The molecule has 14 heteroatoms. The van der Waals surface area contributed by atoms with Crippen LogP contribution in [0.3, 0.4) is 0 Å². The minimum atomic E-state index is -4.27. The van der Waals surface area contributed by atoms with Crippen LogP contribution in [0.5, 0.6) is 0 Å². The molecule has 0 atom stereocenters. The minimum absolute atomic E-state index is 0.173. The van der Waals surface area contributed by atoms with E-state index in [1.165, 1.54) is 11.0 Å². The van der Waals surface area contributed by atoms with Crippen molar-refractivity contribution in [2.24, 2.45) is 5.92 Å². The van der Waals surface area contributed by atoms with Gasteiger partial charge in [0.15, 0.2) is 6.61 Å². The first kappa shape index (κ1) is 25.8. The molecule has 1 rings (SSSR count). The number of imide groups is 1. The quantitative estimate of drug-likeness (QED) is 0.246. The van der Waals surface area contributed by atoms with E-state index in [0.717, 1.165) is 12.1 Å². The Morgan fingerprint density at radius 1 is 1.23 bits per heavy atom. The summed E-state index contributed by atoms with van der Waals surface area (Å²) < 4.78 is 31.2. The van der Waals surface area contributed by atoms with E-state index in [1.807, 2.05) is 23.9 Å². The Balaban J connectivity index is 2.63. The molecule has 0 saturated heterocycles. The lowest BCUT2D eigenvalue weighted by molar-refractivity contribution is -0.384. The van der Waals surface area contributed by atoms with E-state index in [0.29, 0.717) is 6.54 Å². The van der Waals surface area contributed by atoms with Gasteiger partial charge < -0.3 is 15.0 Å². The molecular formula is C17H25N5O8S. The number of amides is 3. The van der Waals surface area contributed by atoms with Gasteiger partial charge in [0.1, 0.15) is 12.2 Å². The van der Waals surface area contributed by atoms with Crippen LogP contribution in [0.1, 0.15) is 13.8 Å². The molecule has 31 heavy (non-hydrogen) atoms. The van der Waals surface area contributed by atoms with Crippen LogP contribution in [-0.2, 0) is 24.3 Å². The molecule has 0 fully saturated rings. The Hall–Kier alpha value is -3.26. The number of hydrogen-bond donors (Lipinski definition) is 3. The summed E-state index contributed by atoms with van der Waals surface area (Å²) in [6, 6.07) is 2.53. The van der Waals surface area contributed by atoms with Gasteiger partial charge in [0.2, 0.25) is 10.0 Å². The zero-order valence-corrected chi connectivity index (χ0v) is 18.3. The summed E-state index contributed by atoms with van der Waals surface area (Å²) in [4.78, 5) is 46.2. The number of esters is 1.